The molecule has 1 spiro atoms. The third-order valence-electron chi connectivity index (χ3n) is 8.46. The number of nitrogen functional groups attached to an aromatic ring is 1. The first-order valence-corrected chi connectivity index (χ1v) is 15.1. The van der Waals surface area contributed by atoms with Gasteiger partial charge in [-0.1, -0.05) is 42.5 Å². The Morgan fingerprint density at radius 3 is 2.43 bits per heavy atom. The molecule has 5 aromatic rings. The lowest BCUT2D eigenvalue weighted by Crippen LogP contribution is -2.57. The van der Waals surface area contributed by atoms with Gasteiger partial charge in [0.15, 0.2) is 11.5 Å². The first-order valence-electron chi connectivity index (χ1n) is 15.1. The van der Waals surface area contributed by atoms with Crippen molar-refractivity contribution >= 4 is 23.1 Å². The zero-order valence-corrected chi connectivity index (χ0v) is 25.4. The quantitative estimate of drug-likeness (QED) is 0.262. The maximum atomic E-state index is 12.6. The number of hydrogen-bond acceptors (Lipinski definition) is 7. The number of pyridine rings is 2. The van der Waals surface area contributed by atoms with E-state index in [9.17, 15) is 4.79 Å². The molecule has 0 radical (unpaired) electrons. The van der Waals surface area contributed by atoms with Gasteiger partial charge < -0.3 is 15.4 Å². The van der Waals surface area contributed by atoms with E-state index < -0.39 is 5.60 Å². The van der Waals surface area contributed by atoms with Gasteiger partial charge in [0, 0.05) is 55.6 Å². The van der Waals surface area contributed by atoms with Gasteiger partial charge in [-0.3, -0.25) is 9.47 Å². The third-order valence-corrected chi connectivity index (χ3v) is 8.46. The number of amides is 1. The van der Waals surface area contributed by atoms with Gasteiger partial charge in [0.25, 0.3) is 0 Å². The van der Waals surface area contributed by atoms with Gasteiger partial charge in [0.1, 0.15) is 16.9 Å². The maximum Gasteiger partial charge on any atom is 0.410 e. The highest BCUT2D eigenvalue weighted by molar-refractivity contribution is 5.84. The third kappa shape index (κ3) is 5.39. The lowest BCUT2D eigenvalue weighted by Gasteiger charge is -2.48. The van der Waals surface area contributed by atoms with Crippen LogP contribution < -0.4 is 5.73 Å². The topological polar surface area (TPSA) is 102 Å². The van der Waals surface area contributed by atoms with Gasteiger partial charge in [0.2, 0.25) is 0 Å². The number of hydrogen-bond donors (Lipinski definition) is 1. The van der Waals surface area contributed by atoms with E-state index in [2.05, 4.69) is 50.8 Å². The molecular formula is C35H37N7O2. The fraction of sp³-hybridized carbons (Fsp3) is 0.314. The average molecular weight is 588 g/mol. The molecule has 0 atom stereocenters. The van der Waals surface area contributed by atoms with E-state index in [0.29, 0.717) is 11.6 Å². The summed E-state index contributed by atoms with van der Waals surface area (Å²) in [6, 6.07) is 26.6. The minimum absolute atomic E-state index is 0.174. The molecule has 0 aliphatic carbocycles. The molecule has 0 bridgehead atoms. The Kier molecular flexibility index (Phi) is 6.85. The van der Waals surface area contributed by atoms with Crippen LogP contribution >= 0.6 is 0 Å². The molecule has 2 aliphatic heterocycles. The number of anilines is 1. The van der Waals surface area contributed by atoms with Gasteiger partial charge in [0.05, 0.1) is 11.3 Å². The highest BCUT2D eigenvalue weighted by Crippen LogP contribution is 2.41. The van der Waals surface area contributed by atoms with Crippen molar-refractivity contribution in [3.8, 4) is 28.3 Å². The number of fused-ring (bicyclic) bond motifs is 1. The Morgan fingerprint density at radius 2 is 1.70 bits per heavy atom. The normalized spacial score (nSPS) is 16.4. The average Bonchev–Trinajstić information content (AvgIpc) is 3.60. The Balaban J connectivity index is 1.12. The molecule has 0 saturated carbocycles. The molecule has 5 heterocycles. The van der Waals surface area contributed by atoms with E-state index in [0.717, 1.165) is 72.8 Å². The molecular weight excluding hydrogens is 550 g/mol. The monoisotopic (exact) mass is 587 g/mol. The molecule has 1 amide bonds. The van der Waals surface area contributed by atoms with Crippen molar-refractivity contribution in [2.45, 2.75) is 39.3 Å². The second-order valence-corrected chi connectivity index (χ2v) is 13.1. The molecule has 2 aliphatic rings. The van der Waals surface area contributed by atoms with Crippen LogP contribution in [0.3, 0.4) is 0 Å². The van der Waals surface area contributed by atoms with Crippen molar-refractivity contribution in [1.29, 1.82) is 0 Å². The van der Waals surface area contributed by atoms with E-state index in [1.807, 2.05) is 68.1 Å². The molecule has 7 rings (SSSR count). The number of nitrogens with two attached hydrogens (primary N) is 1. The predicted octanol–water partition coefficient (Wildman–Crippen LogP) is 6.17. The summed E-state index contributed by atoms with van der Waals surface area (Å²) in [7, 11) is 0. The minimum Gasteiger partial charge on any atom is -0.444 e. The van der Waals surface area contributed by atoms with Gasteiger partial charge in [-0.05, 0) is 69.2 Å². The van der Waals surface area contributed by atoms with Crippen LogP contribution in [0.5, 0.6) is 0 Å². The van der Waals surface area contributed by atoms with E-state index in [1.54, 1.807) is 6.20 Å². The van der Waals surface area contributed by atoms with Crippen LogP contribution in [0.25, 0.3) is 39.5 Å². The Labute approximate surface area is 257 Å². The van der Waals surface area contributed by atoms with Crippen LogP contribution in [-0.2, 0) is 11.3 Å². The largest absolute Gasteiger partial charge is 0.444 e. The van der Waals surface area contributed by atoms with Crippen molar-refractivity contribution in [1.82, 2.24) is 29.3 Å². The fourth-order valence-corrected chi connectivity index (χ4v) is 6.46. The van der Waals surface area contributed by atoms with Crippen molar-refractivity contribution < 1.29 is 9.53 Å². The second-order valence-electron chi connectivity index (χ2n) is 13.1. The lowest BCUT2D eigenvalue weighted by atomic mass is 9.79. The SMILES string of the molecule is CC(C)(C)OC(=O)N1CCC2(CN(Cc3ccc(-n4c(-c5cccnc5N)nc5ccc(-c6ccccc6)nc54)cc3)C2)C1. The number of rotatable bonds is 5. The summed E-state index contributed by atoms with van der Waals surface area (Å²) >= 11 is 0. The van der Waals surface area contributed by atoms with Crippen molar-refractivity contribution in [3.63, 3.8) is 0 Å². The van der Waals surface area contributed by atoms with Gasteiger partial charge in [-0.2, -0.15) is 0 Å². The number of benzene rings is 2. The van der Waals surface area contributed by atoms with Crippen molar-refractivity contribution in [2.24, 2.45) is 5.41 Å². The summed E-state index contributed by atoms with van der Waals surface area (Å²) in [5.74, 6) is 1.13. The van der Waals surface area contributed by atoms with Gasteiger partial charge >= 0.3 is 6.09 Å². The summed E-state index contributed by atoms with van der Waals surface area (Å²) in [6.07, 6.45) is 2.51. The molecule has 224 valence electrons. The highest BCUT2D eigenvalue weighted by Gasteiger charge is 2.49. The molecule has 2 saturated heterocycles. The number of nitrogens with zero attached hydrogens (tertiary/aromatic N) is 6. The number of ether oxygens (including phenoxy) is 1. The molecule has 9 heteroatoms. The van der Waals surface area contributed by atoms with Crippen LogP contribution in [0.4, 0.5) is 10.6 Å². The maximum absolute atomic E-state index is 12.6. The summed E-state index contributed by atoms with van der Waals surface area (Å²) in [5.41, 5.74) is 12.4. The first kappa shape index (κ1) is 28.0. The molecule has 2 aromatic carbocycles. The Bertz CT molecular complexity index is 1820. The highest BCUT2D eigenvalue weighted by atomic mass is 16.6. The molecule has 2 N–H and O–H groups in total. The zero-order chi connectivity index (χ0) is 30.5. The van der Waals surface area contributed by atoms with Crippen LogP contribution in [0.15, 0.2) is 85.1 Å². The first-order chi connectivity index (χ1) is 21.2. The van der Waals surface area contributed by atoms with Crippen LogP contribution in [0, 0.1) is 5.41 Å². The molecule has 3 aromatic heterocycles. The Hall–Kier alpha value is -4.76. The zero-order valence-electron chi connectivity index (χ0n) is 25.4. The number of carbonyl (C=O) groups excluding carboxylic acids is 1. The van der Waals surface area contributed by atoms with E-state index >= 15 is 0 Å². The molecule has 9 nitrogen and oxygen atoms in total. The van der Waals surface area contributed by atoms with E-state index in [4.69, 9.17) is 20.4 Å². The van der Waals surface area contributed by atoms with Crippen molar-refractivity contribution in [3.05, 3.63) is 90.6 Å². The lowest BCUT2D eigenvalue weighted by molar-refractivity contribution is -0.00615. The molecule has 0 unspecified atom stereocenters. The standard InChI is InChI=1S/C35H37N7O2/c1-34(2,3)44-33(43)41-19-17-35(23-41)21-40(22-35)20-24-11-13-26(14-12-24)42-31(27-10-7-18-37-30(27)36)39-29-16-15-28(38-32(29)42)25-8-5-4-6-9-25/h4-16,18H,17,19-23H2,1-3H3,(H2,36,37). The minimum atomic E-state index is -0.473. The van der Waals surface area contributed by atoms with Crippen LogP contribution in [0.1, 0.15) is 32.8 Å². The number of likely N-dealkylation sites (tertiary alicyclic amines) is 2. The van der Waals surface area contributed by atoms with Crippen LogP contribution in [0.2, 0.25) is 0 Å². The summed E-state index contributed by atoms with van der Waals surface area (Å²) < 4.78 is 7.67. The fourth-order valence-electron chi connectivity index (χ4n) is 6.46. The molecule has 2 fully saturated rings. The number of aromatic nitrogens is 4. The van der Waals surface area contributed by atoms with Crippen LogP contribution in [-0.4, -0.2) is 67.2 Å². The number of imidazole rings is 1. The number of carbonyl (C=O) groups is 1. The van der Waals surface area contributed by atoms with Crippen molar-refractivity contribution in [2.75, 3.05) is 31.9 Å². The predicted molar refractivity (Wildman–Crippen MR) is 172 cm³/mol. The summed E-state index contributed by atoms with van der Waals surface area (Å²) in [6.45, 7) is 10.1. The molecule has 44 heavy (non-hydrogen) atoms. The second kappa shape index (κ2) is 10.7. The van der Waals surface area contributed by atoms with E-state index in [-0.39, 0.29) is 11.5 Å². The smallest absolute Gasteiger partial charge is 0.410 e. The van der Waals surface area contributed by atoms with Gasteiger partial charge in [-0.25, -0.2) is 19.7 Å². The Morgan fingerprint density at radius 1 is 0.932 bits per heavy atom. The summed E-state index contributed by atoms with van der Waals surface area (Å²) in [5, 5.41) is 0. The van der Waals surface area contributed by atoms with Gasteiger partial charge in [-0.15, -0.1) is 0 Å². The summed E-state index contributed by atoms with van der Waals surface area (Å²) in [4.78, 5) is 31.2. The van der Waals surface area contributed by atoms with E-state index in [1.165, 1.54) is 5.56 Å².